The molecule has 0 saturated carbocycles. The van der Waals surface area contributed by atoms with Crippen LogP contribution in [0, 0.1) is 11.3 Å². The van der Waals surface area contributed by atoms with Gasteiger partial charge in [0.15, 0.2) is 0 Å². The van der Waals surface area contributed by atoms with Gasteiger partial charge in [0.2, 0.25) is 5.91 Å². The van der Waals surface area contributed by atoms with Crippen LogP contribution in [0.2, 0.25) is 0 Å². The molecule has 0 bridgehead atoms. The highest BCUT2D eigenvalue weighted by atomic mass is 32.2. The average Bonchev–Trinajstić information content (AvgIpc) is 2.45. The highest BCUT2D eigenvalue weighted by molar-refractivity contribution is 7.99. The Bertz CT molecular complexity index is 454. The van der Waals surface area contributed by atoms with Crippen molar-refractivity contribution in [3.63, 3.8) is 0 Å². The van der Waals surface area contributed by atoms with Gasteiger partial charge in [0.1, 0.15) is 0 Å². The Morgan fingerprint density at radius 1 is 1.45 bits per heavy atom. The summed E-state index contributed by atoms with van der Waals surface area (Å²) in [6, 6.07) is 9.57. The number of hydrogen-bond acceptors (Lipinski definition) is 4. The van der Waals surface area contributed by atoms with Crippen molar-refractivity contribution in [2.75, 3.05) is 12.4 Å². The molecule has 1 amide bonds. The van der Waals surface area contributed by atoms with Crippen molar-refractivity contribution in [3.05, 3.63) is 35.4 Å². The van der Waals surface area contributed by atoms with Crippen molar-refractivity contribution in [2.24, 2.45) is 0 Å². The second-order valence-corrected chi connectivity index (χ2v) is 5.62. The topological polar surface area (TPSA) is 73.1 Å². The maximum atomic E-state index is 11.7. The lowest BCUT2D eigenvalue weighted by atomic mass is 10.2. The number of thioether (sulfide) groups is 1. The first kappa shape index (κ1) is 16.5. The lowest BCUT2D eigenvalue weighted by molar-refractivity contribution is -0.119. The zero-order valence-electron chi connectivity index (χ0n) is 11.6. The molecule has 0 heterocycles. The highest BCUT2D eigenvalue weighted by Crippen LogP contribution is 2.12. The molecule has 0 aliphatic heterocycles. The van der Waals surface area contributed by atoms with Crippen LogP contribution >= 0.6 is 11.8 Å². The Morgan fingerprint density at radius 2 is 2.15 bits per heavy atom. The maximum absolute atomic E-state index is 11.7. The summed E-state index contributed by atoms with van der Waals surface area (Å²) in [5.74, 6) is 1.20. The highest BCUT2D eigenvalue weighted by Gasteiger charge is 2.07. The molecule has 20 heavy (non-hydrogen) atoms. The fraction of sp³-hybridized carbons (Fsp3) is 0.467. The number of nitrogens with zero attached hydrogens (tertiary/aromatic N) is 1. The number of amides is 1. The minimum atomic E-state index is 0.0223. The molecular weight excluding hydrogens is 272 g/mol. The third-order valence-corrected chi connectivity index (χ3v) is 3.79. The van der Waals surface area contributed by atoms with Crippen LogP contribution in [0.5, 0.6) is 0 Å². The van der Waals surface area contributed by atoms with Crippen LogP contribution in [0.25, 0.3) is 0 Å². The van der Waals surface area contributed by atoms with Gasteiger partial charge in [-0.1, -0.05) is 12.1 Å². The Hall–Kier alpha value is -1.51. The van der Waals surface area contributed by atoms with E-state index in [0.717, 1.165) is 17.7 Å². The predicted octanol–water partition coefficient (Wildman–Crippen LogP) is 2.07. The van der Waals surface area contributed by atoms with Gasteiger partial charge < -0.3 is 10.4 Å². The first-order valence-corrected chi connectivity index (χ1v) is 7.78. The Balaban J connectivity index is 2.22. The van der Waals surface area contributed by atoms with E-state index >= 15 is 0 Å². The molecule has 5 heteroatoms. The number of aliphatic hydroxyl groups is 1. The van der Waals surface area contributed by atoms with E-state index in [1.54, 1.807) is 23.9 Å². The first-order chi connectivity index (χ1) is 9.65. The Labute approximate surface area is 124 Å². The van der Waals surface area contributed by atoms with E-state index in [-0.39, 0.29) is 18.6 Å². The van der Waals surface area contributed by atoms with Crippen molar-refractivity contribution >= 4 is 17.7 Å². The largest absolute Gasteiger partial charge is 0.396 e. The minimum absolute atomic E-state index is 0.0223. The molecular formula is C15H20N2O2S. The molecule has 0 aliphatic rings. The normalized spacial score (nSPS) is 11.7. The van der Waals surface area contributed by atoms with Crippen LogP contribution in [-0.4, -0.2) is 29.4 Å². The van der Waals surface area contributed by atoms with Gasteiger partial charge in [-0.15, -0.1) is 11.8 Å². The zero-order chi connectivity index (χ0) is 14.8. The summed E-state index contributed by atoms with van der Waals surface area (Å²) in [5, 5.41) is 20.3. The lowest BCUT2D eigenvalue weighted by Crippen LogP contribution is -2.33. The van der Waals surface area contributed by atoms with Crippen molar-refractivity contribution in [1.82, 2.24) is 5.32 Å². The molecule has 0 aliphatic carbocycles. The summed E-state index contributed by atoms with van der Waals surface area (Å²) in [4.78, 5) is 11.7. The van der Waals surface area contributed by atoms with E-state index in [0.29, 0.717) is 17.7 Å². The van der Waals surface area contributed by atoms with E-state index in [1.807, 2.05) is 19.1 Å². The average molecular weight is 292 g/mol. The third kappa shape index (κ3) is 6.60. The van der Waals surface area contributed by atoms with Gasteiger partial charge in [-0.3, -0.25) is 4.79 Å². The van der Waals surface area contributed by atoms with Gasteiger partial charge in [-0.05, 0) is 37.5 Å². The Kier molecular flexibility index (Phi) is 7.78. The summed E-state index contributed by atoms with van der Waals surface area (Å²) < 4.78 is 0. The van der Waals surface area contributed by atoms with Crippen molar-refractivity contribution in [1.29, 1.82) is 5.26 Å². The van der Waals surface area contributed by atoms with E-state index in [4.69, 9.17) is 10.4 Å². The SMILES string of the molecule is CC(CCCO)NC(=O)CSCc1ccc(C#N)cc1. The molecule has 1 atom stereocenters. The molecule has 0 radical (unpaired) electrons. The summed E-state index contributed by atoms with van der Waals surface area (Å²) in [5.41, 5.74) is 1.75. The Morgan fingerprint density at radius 3 is 2.75 bits per heavy atom. The van der Waals surface area contributed by atoms with Gasteiger partial charge in [-0.2, -0.15) is 5.26 Å². The molecule has 1 rings (SSSR count). The summed E-state index contributed by atoms with van der Waals surface area (Å²) >= 11 is 1.55. The molecule has 0 fully saturated rings. The van der Waals surface area contributed by atoms with Gasteiger partial charge >= 0.3 is 0 Å². The van der Waals surface area contributed by atoms with Crippen LogP contribution in [0.4, 0.5) is 0 Å². The second-order valence-electron chi connectivity index (χ2n) is 4.64. The van der Waals surface area contributed by atoms with Crippen molar-refractivity contribution < 1.29 is 9.90 Å². The first-order valence-electron chi connectivity index (χ1n) is 6.62. The molecule has 1 unspecified atom stereocenters. The molecule has 1 aromatic carbocycles. The smallest absolute Gasteiger partial charge is 0.230 e. The molecule has 0 saturated heterocycles. The van der Waals surface area contributed by atoms with Gasteiger partial charge in [0, 0.05) is 18.4 Å². The number of nitrogens with one attached hydrogen (secondary N) is 1. The lowest BCUT2D eigenvalue weighted by Gasteiger charge is -2.12. The number of carbonyl (C=O) groups is 1. The van der Waals surface area contributed by atoms with E-state index in [1.165, 1.54) is 0 Å². The van der Waals surface area contributed by atoms with Gasteiger partial charge in [0.25, 0.3) is 0 Å². The summed E-state index contributed by atoms with van der Waals surface area (Å²) in [6.07, 6.45) is 1.50. The number of carbonyl (C=O) groups excluding carboxylic acids is 1. The summed E-state index contributed by atoms with van der Waals surface area (Å²) in [7, 11) is 0. The summed E-state index contributed by atoms with van der Waals surface area (Å²) in [6.45, 7) is 2.10. The predicted molar refractivity (Wildman–Crippen MR) is 81.2 cm³/mol. The van der Waals surface area contributed by atoms with Gasteiger partial charge in [-0.25, -0.2) is 0 Å². The molecule has 1 aromatic rings. The second kappa shape index (κ2) is 9.40. The van der Waals surface area contributed by atoms with E-state index in [9.17, 15) is 4.79 Å². The number of benzene rings is 1. The van der Waals surface area contributed by atoms with Crippen LogP contribution in [-0.2, 0) is 10.5 Å². The molecule has 0 aromatic heterocycles. The monoisotopic (exact) mass is 292 g/mol. The molecule has 2 N–H and O–H groups in total. The molecule has 108 valence electrons. The number of hydrogen-bond donors (Lipinski definition) is 2. The van der Waals surface area contributed by atoms with Crippen molar-refractivity contribution in [3.8, 4) is 6.07 Å². The van der Waals surface area contributed by atoms with Gasteiger partial charge in [0.05, 0.1) is 17.4 Å². The number of aliphatic hydroxyl groups excluding tert-OH is 1. The molecule has 4 nitrogen and oxygen atoms in total. The van der Waals surface area contributed by atoms with E-state index < -0.39 is 0 Å². The minimum Gasteiger partial charge on any atom is -0.396 e. The zero-order valence-corrected chi connectivity index (χ0v) is 12.4. The van der Waals surface area contributed by atoms with Crippen LogP contribution in [0.15, 0.2) is 24.3 Å². The van der Waals surface area contributed by atoms with Crippen molar-refractivity contribution in [2.45, 2.75) is 31.6 Å². The van der Waals surface area contributed by atoms with Crippen LogP contribution < -0.4 is 5.32 Å². The standard InChI is InChI=1S/C15H20N2O2S/c1-12(3-2-8-18)17-15(19)11-20-10-14-6-4-13(9-16)5-7-14/h4-7,12,18H,2-3,8,10-11H2,1H3,(H,17,19). The number of nitriles is 1. The quantitative estimate of drug-likeness (QED) is 0.769. The fourth-order valence-corrected chi connectivity index (χ4v) is 2.52. The van der Waals surface area contributed by atoms with Crippen LogP contribution in [0.3, 0.4) is 0 Å². The van der Waals surface area contributed by atoms with Crippen LogP contribution in [0.1, 0.15) is 30.9 Å². The number of rotatable bonds is 8. The fourth-order valence-electron chi connectivity index (χ4n) is 1.72. The van der Waals surface area contributed by atoms with E-state index in [2.05, 4.69) is 11.4 Å². The molecule has 0 spiro atoms. The maximum Gasteiger partial charge on any atom is 0.230 e. The third-order valence-electron chi connectivity index (χ3n) is 2.79.